The van der Waals surface area contributed by atoms with E-state index in [-0.39, 0.29) is 17.3 Å². The van der Waals surface area contributed by atoms with E-state index in [4.69, 9.17) is 4.74 Å². The predicted molar refractivity (Wildman–Crippen MR) is 99.2 cm³/mol. The Bertz CT molecular complexity index is 555. The number of rotatable bonds is 6. The zero-order valence-electron chi connectivity index (χ0n) is 15.8. The van der Waals surface area contributed by atoms with Crippen LogP contribution in [0.4, 0.5) is 0 Å². The number of Topliss-reactive ketones (excluding diaryl/α,β-unsaturated/α-hetero) is 1. The van der Waals surface area contributed by atoms with Crippen LogP contribution in [-0.4, -0.2) is 49.5 Å². The number of carbonyl (C=O) groups excluding carboxylic acids is 1. The monoisotopic (exact) mass is 332 g/mol. The minimum Gasteiger partial charge on any atom is -0.490 e. The highest BCUT2D eigenvalue weighted by atomic mass is 16.5. The van der Waals surface area contributed by atoms with Crippen molar-refractivity contribution in [3.63, 3.8) is 0 Å². The van der Waals surface area contributed by atoms with Gasteiger partial charge in [0.15, 0.2) is 5.78 Å². The lowest BCUT2D eigenvalue weighted by molar-refractivity contribution is 0.0954. The minimum absolute atomic E-state index is 0.0178. The Morgan fingerprint density at radius 1 is 1.25 bits per heavy atom. The maximum absolute atomic E-state index is 12.8. The van der Waals surface area contributed by atoms with Gasteiger partial charge in [-0.15, -0.1) is 0 Å². The number of hydrogen-bond donors (Lipinski definition) is 1. The number of hydrogen-bond acceptors (Lipinski definition) is 4. The second kappa shape index (κ2) is 8.13. The zero-order chi connectivity index (χ0) is 17.7. The second-order valence-electron chi connectivity index (χ2n) is 7.89. The standard InChI is InChI=1S/C20H32N2O2/c1-15(2)24-19-7-6-16(20(3,4)5)14-17(19)18(23)8-11-22-12-9-21-10-13-22/h6-7,14-15,21H,8-13H2,1-5H3. The van der Waals surface area contributed by atoms with E-state index >= 15 is 0 Å². The van der Waals surface area contributed by atoms with Crippen molar-refractivity contribution in [2.45, 2.75) is 52.6 Å². The van der Waals surface area contributed by atoms with Crippen molar-refractivity contribution in [1.82, 2.24) is 10.2 Å². The molecule has 0 atom stereocenters. The van der Waals surface area contributed by atoms with Gasteiger partial charge in [0.25, 0.3) is 0 Å². The number of ether oxygens (including phenoxy) is 1. The van der Waals surface area contributed by atoms with Crippen LogP contribution >= 0.6 is 0 Å². The molecule has 1 N–H and O–H groups in total. The van der Waals surface area contributed by atoms with Crippen LogP contribution in [-0.2, 0) is 5.41 Å². The van der Waals surface area contributed by atoms with Gasteiger partial charge in [-0.25, -0.2) is 0 Å². The molecule has 0 aliphatic carbocycles. The molecule has 4 nitrogen and oxygen atoms in total. The number of benzene rings is 1. The molecule has 2 rings (SSSR count). The molecule has 0 saturated carbocycles. The molecular weight excluding hydrogens is 300 g/mol. The van der Waals surface area contributed by atoms with Gasteiger partial charge in [0.05, 0.1) is 11.7 Å². The van der Waals surface area contributed by atoms with E-state index in [0.29, 0.717) is 12.2 Å². The molecule has 1 aromatic rings. The van der Waals surface area contributed by atoms with Crippen molar-refractivity contribution >= 4 is 5.78 Å². The predicted octanol–water partition coefficient (Wildman–Crippen LogP) is 3.25. The topological polar surface area (TPSA) is 41.6 Å². The van der Waals surface area contributed by atoms with Crippen LogP contribution in [0, 0.1) is 0 Å². The average Bonchev–Trinajstić information content (AvgIpc) is 2.52. The minimum atomic E-state index is 0.0178. The molecule has 1 saturated heterocycles. The third kappa shape index (κ3) is 5.32. The summed E-state index contributed by atoms with van der Waals surface area (Å²) in [5, 5.41) is 3.34. The number of nitrogens with one attached hydrogen (secondary N) is 1. The summed E-state index contributed by atoms with van der Waals surface area (Å²) in [7, 11) is 0. The second-order valence-corrected chi connectivity index (χ2v) is 7.89. The zero-order valence-corrected chi connectivity index (χ0v) is 15.8. The van der Waals surface area contributed by atoms with Crippen molar-refractivity contribution < 1.29 is 9.53 Å². The van der Waals surface area contributed by atoms with Crippen molar-refractivity contribution in [2.75, 3.05) is 32.7 Å². The molecule has 0 amide bonds. The first-order valence-electron chi connectivity index (χ1n) is 9.05. The van der Waals surface area contributed by atoms with Crippen LogP contribution in [0.5, 0.6) is 5.75 Å². The maximum atomic E-state index is 12.8. The van der Waals surface area contributed by atoms with Gasteiger partial charge < -0.3 is 15.0 Å². The molecule has 1 aromatic carbocycles. The SMILES string of the molecule is CC(C)Oc1ccc(C(C)(C)C)cc1C(=O)CCN1CCNCC1. The fourth-order valence-electron chi connectivity index (χ4n) is 2.90. The van der Waals surface area contributed by atoms with Crippen molar-refractivity contribution in [1.29, 1.82) is 0 Å². The van der Waals surface area contributed by atoms with Crippen LogP contribution in [0.25, 0.3) is 0 Å². The smallest absolute Gasteiger partial charge is 0.167 e. The Morgan fingerprint density at radius 2 is 1.92 bits per heavy atom. The molecule has 0 aromatic heterocycles. The third-order valence-electron chi connectivity index (χ3n) is 4.37. The summed E-state index contributed by atoms with van der Waals surface area (Å²) in [4.78, 5) is 15.2. The number of ketones is 1. The largest absolute Gasteiger partial charge is 0.490 e. The van der Waals surface area contributed by atoms with E-state index in [1.165, 1.54) is 5.56 Å². The van der Waals surface area contributed by atoms with Gasteiger partial charge in [0.2, 0.25) is 0 Å². The van der Waals surface area contributed by atoms with Gasteiger partial charge in [-0.2, -0.15) is 0 Å². The molecule has 0 radical (unpaired) electrons. The van der Waals surface area contributed by atoms with E-state index in [9.17, 15) is 4.79 Å². The molecule has 1 heterocycles. The van der Waals surface area contributed by atoms with Crippen LogP contribution in [0.3, 0.4) is 0 Å². The van der Waals surface area contributed by atoms with Crippen LogP contribution in [0.1, 0.15) is 57.0 Å². The molecule has 134 valence electrons. The first-order chi connectivity index (χ1) is 11.3. The van der Waals surface area contributed by atoms with Crippen molar-refractivity contribution in [3.05, 3.63) is 29.3 Å². The van der Waals surface area contributed by atoms with E-state index < -0.39 is 0 Å². The summed E-state index contributed by atoms with van der Waals surface area (Å²) < 4.78 is 5.88. The van der Waals surface area contributed by atoms with E-state index in [1.54, 1.807) is 0 Å². The lowest BCUT2D eigenvalue weighted by Crippen LogP contribution is -2.44. The first kappa shape index (κ1) is 18.9. The molecule has 4 heteroatoms. The lowest BCUT2D eigenvalue weighted by atomic mass is 9.85. The Hall–Kier alpha value is -1.39. The van der Waals surface area contributed by atoms with Crippen molar-refractivity contribution in [2.24, 2.45) is 0 Å². The molecule has 0 spiro atoms. The van der Waals surface area contributed by atoms with Crippen molar-refractivity contribution in [3.8, 4) is 5.75 Å². The molecule has 1 aliphatic rings. The highest BCUT2D eigenvalue weighted by Gasteiger charge is 2.21. The summed E-state index contributed by atoms with van der Waals surface area (Å²) in [6, 6.07) is 6.06. The lowest BCUT2D eigenvalue weighted by Gasteiger charge is -2.27. The molecule has 0 bridgehead atoms. The van der Waals surface area contributed by atoms with Gasteiger partial charge in [0, 0.05) is 39.1 Å². The maximum Gasteiger partial charge on any atom is 0.167 e. The highest BCUT2D eigenvalue weighted by molar-refractivity contribution is 5.99. The quantitative estimate of drug-likeness (QED) is 0.812. The number of nitrogens with zero attached hydrogens (tertiary/aromatic N) is 1. The van der Waals surface area contributed by atoms with Crippen LogP contribution < -0.4 is 10.1 Å². The van der Waals surface area contributed by atoms with Crippen LogP contribution in [0.2, 0.25) is 0 Å². The summed E-state index contributed by atoms with van der Waals surface area (Å²) in [6.45, 7) is 15.4. The van der Waals surface area contributed by atoms with Gasteiger partial charge >= 0.3 is 0 Å². The molecule has 1 aliphatic heterocycles. The van der Waals surface area contributed by atoms with Gasteiger partial charge in [0.1, 0.15) is 5.75 Å². The molecule has 24 heavy (non-hydrogen) atoms. The van der Waals surface area contributed by atoms with E-state index in [0.717, 1.165) is 38.3 Å². The van der Waals surface area contributed by atoms with Crippen LogP contribution in [0.15, 0.2) is 18.2 Å². The Labute approximate surface area is 146 Å². The molecular formula is C20H32N2O2. The van der Waals surface area contributed by atoms with E-state index in [1.807, 2.05) is 26.0 Å². The Morgan fingerprint density at radius 3 is 2.50 bits per heavy atom. The average molecular weight is 332 g/mol. The summed E-state index contributed by atoms with van der Waals surface area (Å²) in [6.07, 6.45) is 0.604. The summed E-state index contributed by atoms with van der Waals surface area (Å²) in [5.74, 6) is 0.888. The van der Waals surface area contributed by atoms with E-state index in [2.05, 4.69) is 37.1 Å². The summed E-state index contributed by atoms with van der Waals surface area (Å²) >= 11 is 0. The molecule has 1 fully saturated rings. The van der Waals surface area contributed by atoms with Gasteiger partial charge in [-0.1, -0.05) is 26.8 Å². The summed E-state index contributed by atoms with van der Waals surface area (Å²) in [5.41, 5.74) is 1.92. The van der Waals surface area contributed by atoms with Gasteiger partial charge in [-0.3, -0.25) is 4.79 Å². The normalized spacial score (nSPS) is 16.4. The molecule has 0 unspecified atom stereocenters. The fraction of sp³-hybridized carbons (Fsp3) is 0.650. The number of carbonyl (C=O) groups is 1. The Kier molecular flexibility index (Phi) is 6.41. The fourth-order valence-corrected chi connectivity index (χ4v) is 2.90. The van der Waals surface area contributed by atoms with Gasteiger partial charge in [-0.05, 0) is 37.0 Å². The highest BCUT2D eigenvalue weighted by Crippen LogP contribution is 2.29. The Balaban J connectivity index is 2.15. The first-order valence-corrected chi connectivity index (χ1v) is 9.05. The third-order valence-corrected chi connectivity index (χ3v) is 4.37. The number of piperazine rings is 1.